The smallest absolute Gasteiger partial charge is 0.314 e. The molecule has 2 aromatic rings. The van der Waals surface area contributed by atoms with Crippen LogP contribution >= 0.6 is 0 Å². The SMILES string of the molecule is CCOC(=O)[C@@H]1CCC[NH+]([C@H]2CC(=O)N(c3ccc4ccccc4c3)C2=O)C1. The number of nitrogens with one attached hydrogen (secondary N) is 1. The van der Waals surface area contributed by atoms with Crippen molar-refractivity contribution in [3.63, 3.8) is 0 Å². The minimum Gasteiger partial charge on any atom is -0.466 e. The lowest BCUT2D eigenvalue weighted by Gasteiger charge is -2.31. The Hall–Kier alpha value is -2.73. The number of nitrogens with zero attached hydrogens (tertiary/aromatic N) is 1. The molecule has 2 fully saturated rings. The van der Waals surface area contributed by atoms with E-state index in [4.69, 9.17) is 4.74 Å². The number of benzene rings is 2. The first-order valence-corrected chi connectivity index (χ1v) is 9.95. The number of imide groups is 1. The van der Waals surface area contributed by atoms with E-state index in [1.807, 2.05) is 42.5 Å². The number of carbonyl (C=O) groups is 3. The molecule has 1 N–H and O–H groups in total. The predicted octanol–water partition coefficient (Wildman–Crippen LogP) is 1.33. The summed E-state index contributed by atoms with van der Waals surface area (Å²) in [6.45, 7) is 3.51. The lowest BCUT2D eigenvalue weighted by Crippen LogP contribution is -3.18. The standard InChI is InChI=1S/C22H24N2O4/c1-2-28-22(27)17-8-5-11-23(14-17)19-13-20(25)24(21(19)26)18-10-9-15-6-3-4-7-16(15)12-18/h3-4,6-7,9-10,12,17,19H,2,5,8,11,13-14H2,1H3/p+1/t17-,19+/m1/s1. The first-order chi connectivity index (χ1) is 13.6. The van der Waals surface area contributed by atoms with Crippen molar-refractivity contribution in [3.8, 4) is 0 Å². The Morgan fingerprint density at radius 3 is 2.75 bits per heavy atom. The van der Waals surface area contributed by atoms with E-state index < -0.39 is 6.04 Å². The summed E-state index contributed by atoms with van der Waals surface area (Å²) in [5.74, 6) is -0.722. The van der Waals surface area contributed by atoms with Crippen LogP contribution in [0.5, 0.6) is 0 Å². The fourth-order valence-electron chi connectivity index (χ4n) is 4.41. The molecule has 6 heteroatoms. The number of likely N-dealkylation sites (tertiary alicyclic amines) is 1. The molecule has 0 saturated carbocycles. The van der Waals surface area contributed by atoms with E-state index in [1.165, 1.54) is 4.90 Å². The second kappa shape index (κ2) is 7.72. The van der Waals surface area contributed by atoms with Crippen LogP contribution < -0.4 is 9.80 Å². The van der Waals surface area contributed by atoms with Gasteiger partial charge in [-0.25, -0.2) is 4.90 Å². The van der Waals surface area contributed by atoms with Gasteiger partial charge in [-0.1, -0.05) is 30.3 Å². The molecule has 0 bridgehead atoms. The normalized spacial score (nSPS) is 25.3. The molecule has 2 saturated heterocycles. The van der Waals surface area contributed by atoms with E-state index >= 15 is 0 Å². The number of esters is 1. The number of rotatable bonds is 4. The number of anilines is 1. The third kappa shape index (κ3) is 3.40. The first kappa shape index (κ1) is 18.6. The van der Waals surface area contributed by atoms with Crippen LogP contribution in [-0.2, 0) is 19.1 Å². The summed E-state index contributed by atoms with van der Waals surface area (Å²) >= 11 is 0. The van der Waals surface area contributed by atoms with Crippen LogP contribution in [0.3, 0.4) is 0 Å². The maximum absolute atomic E-state index is 13.1. The number of carbonyl (C=O) groups excluding carboxylic acids is 3. The van der Waals surface area contributed by atoms with Crippen LogP contribution in [0.15, 0.2) is 42.5 Å². The van der Waals surface area contributed by atoms with Crippen molar-refractivity contribution in [2.24, 2.45) is 5.92 Å². The molecule has 2 heterocycles. The van der Waals surface area contributed by atoms with Gasteiger partial charge in [0.05, 0.1) is 31.8 Å². The molecular formula is C22H25N2O4+. The van der Waals surface area contributed by atoms with Gasteiger partial charge in [0, 0.05) is 0 Å². The van der Waals surface area contributed by atoms with Crippen molar-refractivity contribution in [1.82, 2.24) is 0 Å². The molecule has 2 aliphatic rings. The highest BCUT2D eigenvalue weighted by Crippen LogP contribution is 2.26. The zero-order valence-electron chi connectivity index (χ0n) is 16.0. The van der Waals surface area contributed by atoms with E-state index in [0.717, 1.165) is 35.1 Å². The van der Waals surface area contributed by atoms with Crippen LogP contribution in [0, 0.1) is 5.92 Å². The number of ether oxygens (including phenoxy) is 1. The highest BCUT2D eigenvalue weighted by Gasteiger charge is 2.47. The molecule has 0 radical (unpaired) electrons. The Labute approximate surface area is 164 Å². The van der Waals surface area contributed by atoms with E-state index in [0.29, 0.717) is 18.8 Å². The summed E-state index contributed by atoms with van der Waals surface area (Å²) in [6.07, 6.45) is 1.83. The van der Waals surface area contributed by atoms with Crippen molar-refractivity contribution in [2.45, 2.75) is 32.2 Å². The monoisotopic (exact) mass is 381 g/mol. The van der Waals surface area contributed by atoms with Crippen LogP contribution in [0.1, 0.15) is 26.2 Å². The maximum atomic E-state index is 13.1. The van der Waals surface area contributed by atoms with Gasteiger partial charge >= 0.3 is 5.97 Å². The summed E-state index contributed by atoms with van der Waals surface area (Å²) in [5, 5.41) is 2.07. The summed E-state index contributed by atoms with van der Waals surface area (Å²) in [7, 11) is 0. The molecule has 146 valence electrons. The first-order valence-electron chi connectivity index (χ1n) is 9.95. The van der Waals surface area contributed by atoms with Gasteiger partial charge in [0.25, 0.3) is 5.91 Å². The Bertz CT molecular complexity index is 926. The lowest BCUT2D eigenvalue weighted by atomic mass is 9.96. The molecule has 1 unspecified atom stereocenters. The fourth-order valence-corrected chi connectivity index (χ4v) is 4.41. The van der Waals surface area contributed by atoms with Gasteiger partial charge < -0.3 is 9.64 Å². The number of fused-ring (bicyclic) bond motifs is 1. The van der Waals surface area contributed by atoms with Gasteiger partial charge in [0.2, 0.25) is 5.91 Å². The van der Waals surface area contributed by atoms with E-state index in [9.17, 15) is 14.4 Å². The number of quaternary nitrogens is 1. The molecule has 2 amide bonds. The molecular weight excluding hydrogens is 356 g/mol. The molecule has 6 nitrogen and oxygen atoms in total. The topological polar surface area (TPSA) is 68.1 Å². The number of hydrogen-bond donors (Lipinski definition) is 1. The molecule has 28 heavy (non-hydrogen) atoms. The average Bonchev–Trinajstić information content (AvgIpc) is 3.02. The van der Waals surface area contributed by atoms with Crippen molar-refractivity contribution in [2.75, 3.05) is 24.6 Å². The van der Waals surface area contributed by atoms with Gasteiger partial charge in [-0.3, -0.25) is 14.4 Å². The van der Waals surface area contributed by atoms with Crippen molar-refractivity contribution < 1.29 is 24.0 Å². The largest absolute Gasteiger partial charge is 0.466 e. The van der Waals surface area contributed by atoms with Crippen molar-refractivity contribution in [1.29, 1.82) is 0 Å². The molecule has 0 aliphatic carbocycles. The van der Waals surface area contributed by atoms with Gasteiger partial charge in [-0.15, -0.1) is 0 Å². The van der Waals surface area contributed by atoms with Crippen molar-refractivity contribution in [3.05, 3.63) is 42.5 Å². The highest BCUT2D eigenvalue weighted by atomic mass is 16.5. The fraction of sp³-hybridized carbons (Fsp3) is 0.409. The minimum absolute atomic E-state index is 0.167. The zero-order chi connectivity index (χ0) is 19.7. The number of amides is 2. The zero-order valence-corrected chi connectivity index (χ0v) is 16.0. The van der Waals surface area contributed by atoms with Crippen molar-refractivity contribution >= 4 is 34.2 Å². The Kier molecular flexibility index (Phi) is 5.13. The quantitative estimate of drug-likeness (QED) is 0.641. The van der Waals surface area contributed by atoms with Crippen LogP contribution in [0.4, 0.5) is 5.69 Å². The third-order valence-electron chi connectivity index (χ3n) is 5.81. The second-order valence-electron chi connectivity index (χ2n) is 7.56. The van der Waals surface area contributed by atoms with E-state index in [1.54, 1.807) is 6.92 Å². The van der Waals surface area contributed by atoms with Gasteiger partial charge in [0.15, 0.2) is 6.04 Å². The Morgan fingerprint density at radius 2 is 1.96 bits per heavy atom. The van der Waals surface area contributed by atoms with Gasteiger partial charge in [-0.05, 0) is 42.7 Å². The molecule has 2 aromatic carbocycles. The van der Waals surface area contributed by atoms with E-state index in [-0.39, 0.29) is 30.1 Å². The molecule has 0 aromatic heterocycles. The van der Waals surface area contributed by atoms with Crippen LogP contribution in [-0.4, -0.2) is 43.5 Å². The summed E-state index contributed by atoms with van der Waals surface area (Å²) in [6, 6.07) is 13.1. The molecule has 0 spiro atoms. The highest BCUT2D eigenvalue weighted by molar-refractivity contribution is 6.22. The summed E-state index contributed by atoms with van der Waals surface area (Å²) in [4.78, 5) is 40.3. The predicted molar refractivity (Wildman–Crippen MR) is 105 cm³/mol. The van der Waals surface area contributed by atoms with Crippen LogP contribution in [0.2, 0.25) is 0 Å². The second-order valence-corrected chi connectivity index (χ2v) is 7.56. The lowest BCUT2D eigenvalue weighted by molar-refractivity contribution is -0.922. The van der Waals surface area contributed by atoms with Crippen LogP contribution in [0.25, 0.3) is 10.8 Å². The van der Waals surface area contributed by atoms with Gasteiger partial charge in [-0.2, -0.15) is 0 Å². The summed E-state index contributed by atoms with van der Waals surface area (Å²) < 4.78 is 5.16. The van der Waals surface area contributed by atoms with Gasteiger partial charge in [0.1, 0.15) is 5.92 Å². The number of hydrogen-bond acceptors (Lipinski definition) is 4. The van der Waals surface area contributed by atoms with E-state index in [2.05, 4.69) is 0 Å². The minimum atomic E-state index is -0.420. The maximum Gasteiger partial charge on any atom is 0.314 e. The number of piperidine rings is 1. The molecule has 3 atom stereocenters. The summed E-state index contributed by atoms with van der Waals surface area (Å²) in [5.41, 5.74) is 0.620. The average molecular weight is 381 g/mol. The molecule has 2 aliphatic heterocycles. The Morgan fingerprint density at radius 1 is 1.18 bits per heavy atom. The molecule has 4 rings (SSSR count). The third-order valence-corrected chi connectivity index (χ3v) is 5.81. The Balaban J connectivity index is 1.54.